The first-order valence-corrected chi connectivity index (χ1v) is 8.71. The van der Waals surface area contributed by atoms with Crippen molar-refractivity contribution in [3.8, 4) is 0 Å². The van der Waals surface area contributed by atoms with Crippen LogP contribution in [0.2, 0.25) is 0 Å². The van der Waals surface area contributed by atoms with Crippen LogP contribution in [0.5, 0.6) is 0 Å². The van der Waals surface area contributed by atoms with Gasteiger partial charge in [0.15, 0.2) is 0 Å². The Hall–Kier alpha value is -2.30. The summed E-state index contributed by atoms with van der Waals surface area (Å²) >= 11 is 0. The molecular formula is C20H28N2O3. The zero-order chi connectivity index (χ0) is 18.6. The van der Waals surface area contributed by atoms with E-state index in [1.807, 2.05) is 18.2 Å². The van der Waals surface area contributed by atoms with Gasteiger partial charge in [0.25, 0.3) is 0 Å². The van der Waals surface area contributed by atoms with Crippen LogP contribution in [0.25, 0.3) is 0 Å². The topological polar surface area (TPSA) is 58.4 Å². The van der Waals surface area contributed by atoms with E-state index in [-0.39, 0.29) is 18.0 Å². The van der Waals surface area contributed by atoms with Crippen LogP contribution in [0.1, 0.15) is 39.7 Å². The molecule has 0 spiro atoms. The molecule has 1 aromatic carbocycles. The third-order valence-corrected chi connectivity index (χ3v) is 4.15. The molecule has 25 heavy (non-hydrogen) atoms. The minimum Gasteiger partial charge on any atom is -0.444 e. The molecule has 0 bridgehead atoms. The number of hydrogen-bond acceptors (Lipinski definition) is 3. The van der Waals surface area contributed by atoms with Crippen LogP contribution in [-0.4, -0.2) is 40.6 Å². The molecule has 0 aromatic heterocycles. The van der Waals surface area contributed by atoms with Crippen LogP contribution in [0.3, 0.4) is 0 Å². The summed E-state index contributed by atoms with van der Waals surface area (Å²) in [4.78, 5) is 26.2. The third-order valence-electron chi connectivity index (χ3n) is 4.15. The molecule has 1 saturated heterocycles. The van der Waals surface area contributed by atoms with Gasteiger partial charge in [-0.2, -0.15) is 0 Å². The number of aryl methyl sites for hydroxylation is 1. The molecule has 2 amide bonds. The summed E-state index contributed by atoms with van der Waals surface area (Å²) in [6, 6.07) is 9.76. The van der Waals surface area contributed by atoms with Crippen molar-refractivity contribution in [2.45, 2.75) is 64.3 Å². The Morgan fingerprint density at radius 1 is 1.32 bits per heavy atom. The first-order valence-electron chi connectivity index (χ1n) is 8.71. The van der Waals surface area contributed by atoms with Crippen molar-refractivity contribution >= 4 is 12.0 Å². The second-order valence-electron chi connectivity index (χ2n) is 7.43. The SMILES string of the molecule is C=C[C@@H]1[C@@H](CCc2ccccc2)N1C(=O)C(C)NC(=O)OC(C)(C)C. The molecule has 1 aliphatic rings. The number of hydrogen-bond donors (Lipinski definition) is 1. The van der Waals surface area contributed by atoms with Crippen LogP contribution in [0.15, 0.2) is 43.0 Å². The number of carbonyl (C=O) groups excluding carboxylic acids is 2. The van der Waals surface area contributed by atoms with Gasteiger partial charge in [0.2, 0.25) is 5.91 Å². The highest BCUT2D eigenvalue weighted by molar-refractivity contribution is 5.88. The molecule has 3 atom stereocenters. The third kappa shape index (κ3) is 5.34. The molecule has 1 N–H and O–H groups in total. The molecule has 1 aromatic rings. The Kier molecular flexibility index (Phi) is 5.88. The average molecular weight is 344 g/mol. The molecule has 0 radical (unpaired) electrons. The van der Waals surface area contributed by atoms with Crippen molar-refractivity contribution in [3.63, 3.8) is 0 Å². The maximum absolute atomic E-state index is 12.6. The first-order chi connectivity index (χ1) is 11.7. The van der Waals surface area contributed by atoms with Gasteiger partial charge in [-0.25, -0.2) is 4.79 Å². The van der Waals surface area contributed by atoms with Crippen LogP contribution in [0.4, 0.5) is 4.79 Å². The number of ether oxygens (including phenoxy) is 1. The van der Waals surface area contributed by atoms with E-state index in [9.17, 15) is 9.59 Å². The highest BCUT2D eigenvalue weighted by atomic mass is 16.6. The molecule has 2 rings (SSSR count). The Morgan fingerprint density at radius 3 is 2.52 bits per heavy atom. The zero-order valence-electron chi connectivity index (χ0n) is 15.5. The van der Waals surface area contributed by atoms with Crippen molar-refractivity contribution < 1.29 is 14.3 Å². The van der Waals surface area contributed by atoms with Gasteiger partial charge < -0.3 is 15.0 Å². The Balaban J connectivity index is 1.87. The summed E-state index contributed by atoms with van der Waals surface area (Å²) in [7, 11) is 0. The summed E-state index contributed by atoms with van der Waals surface area (Å²) in [5.41, 5.74) is 0.666. The molecule has 1 fully saturated rings. The van der Waals surface area contributed by atoms with Crippen molar-refractivity contribution in [1.82, 2.24) is 10.2 Å². The summed E-state index contributed by atoms with van der Waals surface area (Å²) in [6.07, 6.45) is 3.01. The van der Waals surface area contributed by atoms with E-state index in [1.54, 1.807) is 38.7 Å². The van der Waals surface area contributed by atoms with Gasteiger partial charge >= 0.3 is 6.09 Å². The molecule has 136 valence electrons. The number of nitrogens with one attached hydrogen (secondary N) is 1. The fraction of sp³-hybridized carbons (Fsp3) is 0.500. The lowest BCUT2D eigenvalue weighted by Gasteiger charge is -2.21. The normalized spacial score (nSPS) is 20.6. The Morgan fingerprint density at radius 2 is 1.96 bits per heavy atom. The van der Waals surface area contributed by atoms with E-state index in [1.165, 1.54) is 5.56 Å². The Labute approximate surface area is 150 Å². The summed E-state index contributed by atoms with van der Waals surface area (Å²) in [5.74, 6) is -0.103. The minimum atomic E-state index is -0.626. The summed E-state index contributed by atoms with van der Waals surface area (Å²) < 4.78 is 5.20. The predicted molar refractivity (Wildman–Crippen MR) is 98.2 cm³/mol. The van der Waals surface area contributed by atoms with Crippen LogP contribution in [0, 0.1) is 0 Å². The Bertz CT molecular complexity index is 622. The smallest absolute Gasteiger partial charge is 0.408 e. The molecule has 0 saturated carbocycles. The van der Waals surface area contributed by atoms with E-state index in [4.69, 9.17) is 4.74 Å². The van der Waals surface area contributed by atoms with Gasteiger partial charge in [-0.15, -0.1) is 6.58 Å². The number of amides is 2. The summed E-state index contributed by atoms with van der Waals surface area (Å²) in [5, 5.41) is 2.61. The van der Waals surface area contributed by atoms with Gasteiger partial charge in [0, 0.05) is 0 Å². The number of carbonyl (C=O) groups is 2. The van der Waals surface area contributed by atoms with Crippen LogP contribution >= 0.6 is 0 Å². The zero-order valence-corrected chi connectivity index (χ0v) is 15.5. The monoisotopic (exact) mass is 344 g/mol. The van der Waals surface area contributed by atoms with Gasteiger partial charge in [0.05, 0.1) is 12.1 Å². The molecule has 5 heteroatoms. The summed E-state index contributed by atoms with van der Waals surface area (Å²) in [6.45, 7) is 10.9. The lowest BCUT2D eigenvalue weighted by atomic mass is 10.1. The van der Waals surface area contributed by atoms with Crippen molar-refractivity contribution in [2.24, 2.45) is 0 Å². The molecule has 5 nitrogen and oxygen atoms in total. The lowest BCUT2D eigenvalue weighted by Crippen LogP contribution is -2.44. The number of rotatable bonds is 6. The van der Waals surface area contributed by atoms with Gasteiger partial charge in [0.1, 0.15) is 11.6 Å². The van der Waals surface area contributed by atoms with E-state index in [0.29, 0.717) is 0 Å². The largest absolute Gasteiger partial charge is 0.444 e. The van der Waals surface area contributed by atoms with E-state index >= 15 is 0 Å². The second kappa shape index (κ2) is 7.72. The maximum Gasteiger partial charge on any atom is 0.408 e. The predicted octanol–water partition coefficient (Wildman–Crippen LogP) is 3.30. The average Bonchev–Trinajstić information content (AvgIpc) is 3.24. The molecule has 1 heterocycles. The van der Waals surface area contributed by atoms with Gasteiger partial charge in [-0.3, -0.25) is 4.79 Å². The fourth-order valence-corrected chi connectivity index (χ4v) is 2.92. The van der Waals surface area contributed by atoms with Gasteiger partial charge in [-0.1, -0.05) is 36.4 Å². The van der Waals surface area contributed by atoms with Crippen LogP contribution in [-0.2, 0) is 16.0 Å². The quantitative estimate of drug-likeness (QED) is 0.636. The van der Waals surface area contributed by atoms with E-state index in [0.717, 1.165) is 12.8 Å². The second-order valence-corrected chi connectivity index (χ2v) is 7.43. The molecule has 0 aliphatic carbocycles. The highest BCUT2D eigenvalue weighted by Gasteiger charge is 2.49. The standard InChI is InChI=1S/C20H28N2O3/c1-6-16-17(13-12-15-10-8-7-9-11-15)22(16)18(23)14(2)21-19(24)25-20(3,4)5/h6-11,14,16-17H,1,12-13H2,2-5H3,(H,21,24)/t14?,16-,17-,22?/m1/s1. The van der Waals surface area contributed by atoms with E-state index < -0.39 is 17.7 Å². The number of benzene rings is 1. The van der Waals surface area contributed by atoms with Crippen LogP contribution < -0.4 is 5.32 Å². The number of alkyl carbamates (subject to hydrolysis) is 1. The maximum atomic E-state index is 12.6. The molecule has 1 unspecified atom stereocenters. The van der Waals surface area contributed by atoms with Gasteiger partial charge in [-0.05, 0) is 46.1 Å². The minimum absolute atomic E-state index is 0.0408. The van der Waals surface area contributed by atoms with Crippen molar-refractivity contribution in [3.05, 3.63) is 48.6 Å². The van der Waals surface area contributed by atoms with Crippen molar-refractivity contribution in [1.29, 1.82) is 0 Å². The lowest BCUT2D eigenvalue weighted by molar-refractivity contribution is -0.128. The highest BCUT2D eigenvalue weighted by Crippen LogP contribution is 2.33. The van der Waals surface area contributed by atoms with E-state index in [2.05, 4.69) is 24.0 Å². The molecular weight excluding hydrogens is 316 g/mol. The number of nitrogens with zero attached hydrogens (tertiary/aromatic N) is 1. The fourth-order valence-electron chi connectivity index (χ4n) is 2.92. The molecule has 1 aliphatic heterocycles. The van der Waals surface area contributed by atoms with Crippen molar-refractivity contribution in [2.75, 3.05) is 0 Å². The first kappa shape index (κ1) is 19.0.